The van der Waals surface area contributed by atoms with Crippen LogP contribution in [0.5, 0.6) is 0 Å². The first-order chi connectivity index (χ1) is 8.95. The predicted molar refractivity (Wildman–Crippen MR) is 75.5 cm³/mol. The molecule has 1 aromatic heterocycles. The number of hydrogen-bond donors (Lipinski definition) is 1. The van der Waals surface area contributed by atoms with E-state index in [2.05, 4.69) is 10.3 Å². The van der Waals surface area contributed by atoms with Gasteiger partial charge >= 0.3 is 0 Å². The Balaban J connectivity index is 2.27. The molecule has 1 aliphatic carbocycles. The highest BCUT2D eigenvalue weighted by molar-refractivity contribution is 7.89. The van der Waals surface area contributed by atoms with Crippen molar-refractivity contribution < 1.29 is 8.42 Å². The summed E-state index contributed by atoms with van der Waals surface area (Å²) >= 11 is 0. The van der Waals surface area contributed by atoms with Gasteiger partial charge in [-0.2, -0.15) is 4.31 Å². The standard InChI is InChI=1S/C13H21N3O2S/c1-10(2)9-16(11-4-5-11)19(17,18)12-6-7-13(14-3)15-8-12/h6-8,10-11H,4-5,9H2,1-3H3,(H,14,15). The highest BCUT2D eigenvalue weighted by atomic mass is 32.2. The van der Waals surface area contributed by atoms with Crippen LogP contribution < -0.4 is 5.32 Å². The van der Waals surface area contributed by atoms with Gasteiger partial charge in [0, 0.05) is 25.8 Å². The minimum atomic E-state index is -3.41. The molecule has 0 amide bonds. The highest BCUT2D eigenvalue weighted by Crippen LogP contribution is 2.32. The van der Waals surface area contributed by atoms with Crippen molar-refractivity contribution in [3.8, 4) is 0 Å². The third kappa shape index (κ3) is 3.25. The second-order valence-electron chi connectivity index (χ2n) is 5.33. The van der Waals surface area contributed by atoms with E-state index in [0.717, 1.165) is 12.8 Å². The summed E-state index contributed by atoms with van der Waals surface area (Å²) in [6.45, 7) is 4.64. The molecule has 5 nitrogen and oxygen atoms in total. The van der Waals surface area contributed by atoms with Gasteiger partial charge in [0.25, 0.3) is 0 Å². The van der Waals surface area contributed by atoms with Crippen LogP contribution in [0.4, 0.5) is 5.82 Å². The van der Waals surface area contributed by atoms with E-state index in [1.807, 2.05) is 13.8 Å². The lowest BCUT2D eigenvalue weighted by atomic mass is 10.2. The van der Waals surface area contributed by atoms with Crippen LogP contribution in [-0.4, -0.2) is 37.3 Å². The fraction of sp³-hybridized carbons (Fsp3) is 0.615. The summed E-state index contributed by atoms with van der Waals surface area (Å²) in [5.41, 5.74) is 0. The molecule has 106 valence electrons. The van der Waals surface area contributed by atoms with Gasteiger partial charge in [0.15, 0.2) is 0 Å². The number of aromatic nitrogens is 1. The van der Waals surface area contributed by atoms with E-state index in [-0.39, 0.29) is 10.9 Å². The van der Waals surface area contributed by atoms with Crippen LogP contribution in [0.2, 0.25) is 0 Å². The molecule has 6 heteroatoms. The van der Waals surface area contributed by atoms with Gasteiger partial charge in [-0.25, -0.2) is 13.4 Å². The van der Waals surface area contributed by atoms with E-state index in [0.29, 0.717) is 18.3 Å². The number of pyridine rings is 1. The van der Waals surface area contributed by atoms with Crippen LogP contribution >= 0.6 is 0 Å². The van der Waals surface area contributed by atoms with Crippen molar-refractivity contribution in [3.63, 3.8) is 0 Å². The van der Waals surface area contributed by atoms with Gasteiger partial charge in [0.05, 0.1) is 0 Å². The van der Waals surface area contributed by atoms with Gasteiger partial charge in [-0.05, 0) is 30.9 Å². The van der Waals surface area contributed by atoms with Crippen molar-refractivity contribution in [1.82, 2.24) is 9.29 Å². The maximum atomic E-state index is 12.6. The molecule has 2 rings (SSSR count). The van der Waals surface area contributed by atoms with Crippen LogP contribution in [0.3, 0.4) is 0 Å². The fourth-order valence-corrected chi connectivity index (χ4v) is 3.78. The molecule has 0 aromatic carbocycles. The van der Waals surface area contributed by atoms with Crippen LogP contribution in [0.25, 0.3) is 0 Å². The summed E-state index contributed by atoms with van der Waals surface area (Å²) in [6, 6.07) is 3.48. The normalized spacial score (nSPS) is 16.1. The molecule has 1 aromatic rings. The molecule has 1 heterocycles. The van der Waals surface area contributed by atoms with Gasteiger partial charge in [-0.3, -0.25) is 0 Å². The smallest absolute Gasteiger partial charge is 0.244 e. The van der Waals surface area contributed by atoms with Crippen molar-refractivity contribution in [3.05, 3.63) is 18.3 Å². The molecule has 0 spiro atoms. The first kappa shape index (κ1) is 14.3. The van der Waals surface area contributed by atoms with Gasteiger partial charge in [-0.1, -0.05) is 13.8 Å². The van der Waals surface area contributed by atoms with Gasteiger partial charge in [0.1, 0.15) is 10.7 Å². The number of hydrogen-bond acceptors (Lipinski definition) is 4. The Bertz CT molecular complexity index is 521. The molecule has 0 aliphatic heterocycles. The second kappa shape index (κ2) is 5.46. The number of nitrogens with zero attached hydrogens (tertiary/aromatic N) is 2. The van der Waals surface area contributed by atoms with Crippen molar-refractivity contribution in [2.24, 2.45) is 5.92 Å². The van der Waals surface area contributed by atoms with E-state index < -0.39 is 10.0 Å². The maximum absolute atomic E-state index is 12.6. The topological polar surface area (TPSA) is 62.3 Å². The number of rotatable bonds is 6. The molecular formula is C13H21N3O2S. The molecule has 0 atom stereocenters. The summed E-state index contributed by atoms with van der Waals surface area (Å²) < 4.78 is 26.9. The molecule has 0 radical (unpaired) electrons. The molecule has 1 saturated carbocycles. The third-order valence-electron chi connectivity index (χ3n) is 3.10. The van der Waals surface area contributed by atoms with Crippen molar-refractivity contribution in [2.75, 3.05) is 18.9 Å². The van der Waals surface area contributed by atoms with Crippen molar-refractivity contribution in [1.29, 1.82) is 0 Å². The van der Waals surface area contributed by atoms with Crippen molar-refractivity contribution in [2.45, 2.75) is 37.6 Å². The van der Waals surface area contributed by atoms with Crippen LogP contribution in [0.1, 0.15) is 26.7 Å². The average molecular weight is 283 g/mol. The minimum absolute atomic E-state index is 0.177. The average Bonchev–Trinajstić information content (AvgIpc) is 3.20. The summed E-state index contributed by atoms with van der Waals surface area (Å²) in [6.07, 6.45) is 3.36. The zero-order chi connectivity index (χ0) is 14.0. The van der Waals surface area contributed by atoms with E-state index in [1.165, 1.54) is 6.20 Å². The van der Waals surface area contributed by atoms with Crippen LogP contribution in [0, 0.1) is 5.92 Å². The monoisotopic (exact) mass is 283 g/mol. The zero-order valence-corrected chi connectivity index (χ0v) is 12.4. The summed E-state index contributed by atoms with van der Waals surface area (Å²) in [4.78, 5) is 4.36. The predicted octanol–water partition coefficient (Wildman–Crippen LogP) is 1.93. The summed E-state index contributed by atoms with van der Waals surface area (Å²) in [7, 11) is -1.66. The quantitative estimate of drug-likeness (QED) is 0.866. The molecule has 0 unspecified atom stereocenters. The number of sulfonamides is 1. The van der Waals surface area contributed by atoms with Crippen molar-refractivity contribution >= 4 is 15.8 Å². The Labute approximate surface area is 115 Å². The Morgan fingerprint density at radius 2 is 2.11 bits per heavy atom. The lowest BCUT2D eigenvalue weighted by Crippen LogP contribution is -2.36. The van der Waals surface area contributed by atoms with E-state index in [1.54, 1.807) is 23.5 Å². The van der Waals surface area contributed by atoms with Gasteiger partial charge < -0.3 is 5.32 Å². The minimum Gasteiger partial charge on any atom is -0.373 e. The molecule has 1 aliphatic rings. The number of anilines is 1. The molecule has 1 fully saturated rings. The SMILES string of the molecule is CNc1ccc(S(=O)(=O)N(CC(C)C)C2CC2)cn1. The fourth-order valence-electron chi connectivity index (χ4n) is 1.98. The molecule has 0 saturated heterocycles. The van der Waals surface area contributed by atoms with E-state index in [4.69, 9.17) is 0 Å². The largest absolute Gasteiger partial charge is 0.373 e. The first-order valence-electron chi connectivity index (χ1n) is 6.61. The first-order valence-corrected chi connectivity index (χ1v) is 8.05. The van der Waals surface area contributed by atoms with Gasteiger partial charge in [0.2, 0.25) is 10.0 Å². The number of nitrogens with one attached hydrogen (secondary N) is 1. The lowest BCUT2D eigenvalue weighted by Gasteiger charge is -2.23. The van der Waals surface area contributed by atoms with Crippen LogP contribution in [-0.2, 0) is 10.0 Å². The summed E-state index contributed by atoms with van der Waals surface area (Å²) in [5, 5.41) is 2.88. The molecule has 19 heavy (non-hydrogen) atoms. The highest BCUT2D eigenvalue weighted by Gasteiger charge is 2.38. The maximum Gasteiger partial charge on any atom is 0.244 e. The van der Waals surface area contributed by atoms with Crippen LogP contribution in [0.15, 0.2) is 23.2 Å². The Kier molecular flexibility index (Phi) is 4.10. The van der Waals surface area contributed by atoms with Gasteiger partial charge in [-0.15, -0.1) is 0 Å². The lowest BCUT2D eigenvalue weighted by molar-refractivity contribution is 0.360. The van der Waals surface area contributed by atoms with E-state index >= 15 is 0 Å². The molecule has 1 N–H and O–H groups in total. The summed E-state index contributed by atoms with van der Waals surface area (Å²) in [5.74, 6) is 0.987. The Hall–Kier alpha value is -1.14. The Morgan fingerprint density at radius 3 is 2.53 bits per heavy atom. The second-order valence-corrected chi connectivity index (χ2v) is 7.22. The third-order valence-corrected chi connectivity index (χ3v) is 5.00. The zero-order valence-electron chi connectivity index (χ0n) is 11.6. The molecular weight excluding hydrogens is 262 g/mol. The molecule has 0 bridgehead atoms. The Morgan fingerprint density at radius 1 is 1.42 bits per heavy atom. The van der Waals surface area contributed by atoms with E-state index in [9.17, 15) is 8.42 Å².